The molecule has 0 aliphatic carbocycles. The first-order valence-corrected chi connectivity index (χ1v) is 10.2. The molecular weight excluding hydrogens is 404 g/mol. The van der Waals surface area contributed by atoms with Gasteiger partial charge in [-0.3, -0.25) is 9.20 Å². The Kier molecular flexibility index (Phi) is 5.62. The highest BCUT2D eigenvalue weighted by Crippen LogP contribution is 2.26. The van der Waals surface area contributed by atoms with Gasteiger partial charge in [0, 0.05) is 16.7 Å². The van der Waals surface area contributed by atoms with E-state index >= 15 is 0 Å². The van der Waals surface area contributed by atoms with Crippen LogP contribution < -0.4 is 5.56 Å². The molecule has 0 saturated heterocycles. The third-order valence-corrected chi connectivity index (χ3v) is 5.37. The topological polar surface area (TPSA) is 99.6 Å². The first-order valence-electron chi connectivity index (χ1n) is 9.18. The van der Waals surface area contributed by atoms with Crippen LogP contribution in [0, 0.1) is 13.8 Å². The first-order chi connectivity index (χ1) is 14.5. The lowest BCUT2D eigenvalue weighted by Gasteiger charge is -2.09. The summed E-state index contributed by atoms with van der Waals surface area (Å²) in [6.45, 7) is 3.48. The molecule has 9 heteroatoms. The number of carbonyl (C=O) groups is 1. The van der Waals surface area contributed by atoms with Gasteiger partial charge in [0.25, 0.3) is 5.56 Å². The minimum atomic E-state index is -0.494. The van der Waals surface area contributed by atoms with Crippen molar-refractivity contribution < 1.29 is 14.1 Å². The lowest BCUT2D eigenvalue weighted by atomic mass is 10.2. The van der Waals surface area contributed by atoms with Gasteiger partial charge in [0.2, 0.25) is 5.89 Å². The number of fused-ring (bicyclic) bond motifs is 1. The van der Waals surface area contributed by atoms with E-state index in [-0.39, 0.29) is 12.2 Å². The van der Waals surface area contributed by atoms with E-state index in [4.69, 9.17) is 9.26 Å². The van der Waals surface area contributed by atoms with Crippen molar-refractivity contribution in [3.63, 3.8) is 0 Å². The van der Waals surface area contributed by atoms with Crippen molar-refractivity contribution in [1.82, 2.24) is 19.5 Å². The summed E-state index contributed by atoms with van der Waals surface area (Å²) in [7, 11) is 0. The molecule has 0 radical (unpaired) electrons. The fourth-order valence-electron chi connectivity index (χ4n) is 2.95. The quantitative estimate of drug-likeness (QED) is 0.345. The number of hydrogen-bond donors (Lipinski definition) is 0. The third-order valence-electron chi connectivity index (χ3n) is 4.31. The fourth-order valence-corrected chi connectivity index (χ4v) is 3.83. The summed E-state index contributed by atoms with van der Waals surface area (Å²) in [5, 5.41) is 3.76. The number of benzene rings is 1. The van der Waals surface area contributed by atoms with Gasteiger partial charge in [-0.2, -0.15) is 4.98 Å². The van der Waals surface area contributed by atoms with Gasteiger partial charge in [0.15, 0.2) is 5.82 Å². The predicted molar refractivity (Wildman–Crippen MR) is 110 cm³/mol. The molecular formula is C21H18N4O4S. The highest BCUT2D eigenvalue weighted by Gasteiger charge is 2.15. The Bertz CT molecular complexity index is 1280. The van der Waals surface area contributed by atoms with Crippen molar-refractivity contribution >= 4 is 23.4 Å². The molecule has 4 aromatic rings. The molecule has 152 valence electrons. The van der Waals surface area contributed by atoms with Crippen LogP contribution in [0.5, 0.6) is 0 Å². The average Bonchev–Trinajstić information content (AvgIpc) is 3.15. The van der Waals surface area contributed by atoms with E-state index in [0.717, 1.165) is 10.6 Å². The van der Waals surface area contributed by atoms with Crippen LogP contribution in [-0.4, -0.2) is 25.5 Å². The third kappa shape index (κ3) is 4.25. The summed E-state index contributed by atoms with van der Waals surface area (Å²) in [6, 6.07) is 13.9. The van der Waals surface area contributed by atoms with Crippen LogP contribution in [0.3, 0.4) is 0 Å². The summed E-state index contributed by atoms with van der Waals surface area (Å²) >= 11 is 1.40. The van der Waals surface area contributed by atoms with Crippen molar-refractivity contribution in [2.75, 3.05) is 0 Å². The van der Waals surface area contributed by atoms with Crippen LogP contribution in [0.1, 0.15) is 33.5 Å². The maximum absolute atomic E-state index is 12.7. The first kappa shape index (κ1) is 19.8. The van der Waals surface area contributed by atoms with Crippen LogP contribution in [-0.2, 0) is 17.1 Å². The molecule has 1 aromatic carbocycles. The van der Waals surface area contributed by atoms with Gasteiger partial charge in [-0.05, 0) is 38.1 Å². The molecule has 0 aliphatic rings. The number of rotatable bonds is 6. The number of thioether (sulfide) groups is 1. The molecule has 0 atom stereocenters. The molecule has 3 heterocycles. The average molecular weight is 422 g/mol. The molecule has 30 heavy (non-hydrogen) atoms. The number of nitrogens with zero attached hydrogens (tertiary/aromatic N) is 4. The largest absolute Gasteiger partial charge is 0.456 e. The van der Waals surface area contributed by atoms with Crippen LogP contribution in [0.2, 0.25) is 0 Å². The number of esters is 1. The number of hydrogen-bond acceptors (Lipinski definition) is 8. The zero-order valence-corrected chi connectivity index (χ0v) is 17.2. The molecule has 3 aromatic heterocycles. The minimum Gasteiger partial charge on any atom is -0.456 e. The molecule has 0 N–H and O–H groups in total. The van der Waals surface area contributed by atoms with Gasteiger partial charge >= 0.3 is 5.97 Å². The van der Waals surface area contributed by atoms with E-state index in [1.807, 2.05) is 31.2 Å². The van der Waals surface area contributed by atoms with Crippen LogP contribution >= 0.6 is 11.8 Å². The Balaban J connectivity index is 1.48. The zero-order valence-electron chi connectivity index (χ0n) is 16.4. The van der Waals surface area contributed by atoms with Crippen molar-refractivity contribution in [1.29, 1.82) is 0 Å². The van der Waals surface area contributed by atoms with Crippen LogP contribution in [0.15, 0.2) is 62.7 Å². The van der Waals surface area contributed by atoms with Gasteiger partial charge < -0.3 is 9.26 Å². The molecule has 0 saturated carbocycles. The summed E-state index contributed by atoms with van der Waals surface area (Å²) in [5.74, 6) is 0.989. The van der Waals surface area contributed by atoms with Crippen molar-refractivity contribution in [2.45, 2.75) is 31.1 Å². The summed E-state index contributed by atoms with van der Waals surface area (Å²) < 4.78 is 12.0. The second-order valence-corrected chi connectivity index (χ2v) is 7.56. The molecule has 0 bridgehead atoms. The van der Waals surface area contributed by atoms with Crippen molar-refractivity contribution in [3.05, 3.63) is 87.6 Å². The van der Waals surface area contributed by atoms with Gasteiger partial charge in [-0.25, -0.2) is 9.78 Å². The Morgan fingerprint density at radius 2 is 1.97 bits per heavy atom. The Morgan fingerprint density at radius 1 is 1.13 bits per heavy atom. The maximum atomic E-state index is 12.7. The maximum Gasteiger partial charge on any atom is 0.339 e. The Hall–Kier alpha value is -3.46. The lowest BCUT2D eigenvalue weighted by Crippen LogP contribution is -2.18. The van der Waals surface area contributed by atoms with Crippen molar-refractivity contribution in [2.24, 2.45) is 0 Å². The van der Waals surface area contributed by atoms with Gasteiger partial charge in [0.1, 0.15) is 12.3 Å². The highest BCUT2D eigenvalue weighted by atomic mass is 32.2. The molecule has 8 nitrogen and oxygen atoms in total. The summed E-state index contributed by atoms with van der Waals surface area (Å²) in [4.78, 5) is 34.3. The highest BCUT2D eigenvalue weighted by molar-refractivity contribution is 7.98. The van der Waals surface area contributed by atoms with E-state index in [9.17, 15) is 9.59 Å². The Morgan fingerprint density at radius 3 is 2.77 bits per heavy atom. The van der Waals surface area contributed by atoms with E-state index in [1.54, 1.807) is 25.1 Å². The lowest BCUT2D eigenvalue weighted by molar-refractivity contribution is 0.0463. The van der Waals surface area contributed by atoms with Crippen LogP contribution in [0.25, 0.3) is 5.65 Å². The van der Waals surface area contributed by atoms with Crippen LogP contribution in [0.4, 0.5) is 0 Å². The Labute approximate surface area is 175 Å². The molecule has 0 fully saturated rings. The van der Waals surface area contributed by atoms with Gasteiger partial charge in [0.05, 0.1) is 17.0 Å². The summed E-state index contributed by atoms with van der Waals surface area (Å²) in [6.07, 6.45) is 0. The minimum absolute atomic E-state index is 0.0969. The SMILES string of the molecule is Cc1noc(CSc2ccccc2C(=O)OCc2cc(=O)n3c(C)cccc3n2)n1. The predicted octanol–water partition coefficient (Wildman–Crippen LogP) is 3.34. The van der Waals surface area contributed by atoms with E-state index in [1.165, 1.54) is 22.2 Å². The monoisotopic (exact) mass is 422 g/mol. The van der Waals surface area contributed by atoms with E-state index in [2.05, 4.69) is 15.1 Å². The number of ether oxygens (including phenoxy) is 1. The normalized spacial score (nSPS) is 11.0. The number of aromatic nitrogens is 4. The molecule has 0 aliphatic heterocycles. The van der Waals surface area contributed by atoms with Crippen molar-refractivity contribution in [3.8, 4) is 0 Å². The second kappa shape index (κ2) is 8.50. The second-order valence-electron chi connectivity index (χ2n) is 6.54. The number of carbonyl (C=O) groups excluding carboxylic acids is 1. The smallest absolute Gasteiger partial charge is 0.339 e. The summed E-state index contributed by atoms with van der Waals surface area (Å²) in [5.41, 5.74) is 1.91. The number of pyridine rings is 1. The standard InChI is InChI=1S/C21H18N4O4S/c1-13-6-5-9-18-23-15(10-20(26)25(13)18)11-28-21(27)16-7-3-4-8-17(16)30-12-19-22-14(2)24-29-19/h3-10H,11-12H2,1-2H3. The van der Waals surface area contributed by atoms with Gasteiger partial charge in [-0.1, -0.05) is 23.4 Å². The fraction of sp³-hybridized carbons (Fsp3) is 0.190. The number of aryl methyl sites for hydroxylation is 2. The molecule has 0 amide bonds. The zero-order chi connectivity index (χ0) is 21.1. The van der Waals surface area contributed by atoms with Gasteiger partial charge in [-0.15, -0.1) is 11.8 Å². The van der Waals surface area contributed by atoms with E-state index < -0.39 is 5.97 Å². The van der Waals surface area contributed by atoms with E-state index in [0.29, 0.717) is 34.4 Å². The molecule has 0 unspecified atom stereocenters. The molecule has 4 rings (SSSR count). The molecule has 0 spiro atoms.